The first-order chi connectivity index (χ1) is 10.3. The molecule has 0 unspecified atom stereocenters. The Kier molecular flexibility index (Phi) is 6.79. The van der Waals surface area contributed by atoms with Gasteiger partial charge in [-0.05, 0) is 30.0 Å². The van der Waals surface area contributed by atoms with Crippen LogP contribution < -0.4 is 5.32 Å². The molecule has 2 aromatic rings. The van der Waals surface area contributed by atoms with Gasteiger partial charge >= 0.3 is 0 Å². The van der Waals surface area contributed by atoms with E-state index in [1.54, 1.807) is 11.8 Å². The van der Waals surface area contributed by atoms with Crippen LogP contribution in [0.3, 0.4) is 0 Å². The predicted octanol–water partition coefficient (Wildman–Crippen LogP) is 3.47. The van der Waals surface area contributed by atoms with Crippen LogP contribution in [0, 0.1) is 0 Å². The van der Waals surface area contributed by atoms with Gasteiger partial charge in [-0.15, -0.1) is 23.1 Å². The normalized spacial score (nSPS) is 12.0. The summed E-state index contributed by atoms with van der Waals surface area (Å²) in [4.78, 5) is 13.8. The van der Waals surface area contributed by atoms with E-state index in [9.17, 15) is 9.90 Å². The number of carbonyl (C=O) groups excluding carboxylic acids is 1. The molecule has 0 saturated heterocycles. The van der Waals surface area contributed by atoms with E-state index in [-0.39, 0.29) is 5.91 Å². The van der Waals surface area contributed by atoms with Gasteiger partial charge in [-0.2, -0.15) is 0 Å². The molecule has 0 aliphatic rings. The van der Waals surface area contributed by atoms with Crippen molar-refractivity contribution in [1.29, 1.82) is 0 Å². The van der Waals surface area contributed by atoms with Crippen molar-refractivity contribution >= 4 is 29.0 Å². The van der Waals surface area contributed by atoms with Crippen molar-refractivity contribution in [2.45, 2.75) is 23.8 Å². The molecule has 2 N–H and O–H groups in total. The van der Waals surface area contributed by atoms with Crippen LogP contribution in [0.5, 0.6) is 0 Å². The second-order valence-corrected chi connectivity index (χ2v) is 6.73. The summed E-state index contributed by atoms with van der Waals surface area (Å²) < 4.78 is 0. The minimum absolute atomic E-state index is 0.0387. The van der Waals surface area contributed by atoms with Crippen molar-refractivity contribution < 1.29 is 9.90 Å². The summed E-state index contributed by atoms with van der Waals surface area (Å²) in [5.41, 5.74) is 0. The van der Waals surface area contributed by atoms with E-state index in [1.165, 1.54) is 16.2 Å². The maximum atomic E-state index is 11.7. The maximum Gasteiger partial charge on any atom is 0.220 e. The Balaban J connectivity index is 1.57. The largest absolute Gasteiger partial charge is 0.388 e. The van der Waals surface area contributed by atoms with Gasteiger partial charge in [0.05, 0.1) is 6.10 Å². The summed E-state index contributed by atoms with van der Waals surface area (Å²) in [7, 11) is 0. The van der Waals surface area contributed by atoms with E-state index >= 15 is 0 Å². The highest BCUT2D eigenvalue weighted by Gasteiger charge is 2.09. The minimum atomic E-state index is -0.482. The van der Waals surface area contributed by atoms with E-state index in [2.05, 4.69) is 5.32 Å². The molecular formula is C16H19NO2S2. The molecule has 0 aliphatic heterocycles. The van der Waals surface area contributed by atoms with Crippen molar-refractivity contribution in [3.05, 3.63) is 52.7 Å². The lowest BCUT2D eigenvalue weighted by molar-refractivity contribution is -0.120. The van der Waals surface area contributed by atoms with Crippen LogP contribution in [-0.4, -0.2) is 23.3 Å². The van der Waals surface area contributed by atoms with Crippen LogP contribution >= 0.6 is 23.1 Å². The summed E-state index contributed by atoms with van der Waals surface area (Å²) in [5.74, 6) is 0.806. The van der Waals surface area contributed by atoms with E-state index in [0.717, 1.165) is 10.6 Å². The van der Waals surface area contributed by atoms with Gasteiger partial charge in [-0.3, -0.25) is 4.79 Å². The fourth-order valence-corrected chi connectivity index (χ4v) is 3.46. The zero-order valence-corrected chi connectivity index (χ0v) is 13.3. The number of thioether (sulfide) groups is 1. The number of benzene rings is 1. The quantitative estimate of drug-likeness (QED) is 0.732. The highest BCUT2D eigenvalue weighted by atomic mass is 32.2. The van der Waals surface area contributed by atoms with Gasteiger partial charge in [-0.25, -0.2) is 0 Å². The molecule has 0 radical (unpaired) electrons. The molecule has 112 valence electrons. The Morgan fingerprint density at radius 2 is 2.05 bits per heavy atom. The van der Waals surface area contributed by atoms with Crippen LogP contribution in [0.15, 0.2) is 52.7 Å². The maximum absolute atomic E-state index is 11.7. The zero-order valence-electron chi connectivity index (χ0n) is 11.7. The Bertz CT molecular complexity index is 528. The van der Waals surface area contributed by atoms with E-state index in [1.807, 2.05) is 47.8 Å². The van der Waals surface area contributed by atoms with Gasteiger partial charge in [0.1, 0.15) is 0 Å². The van der Waals surface area contributed by atoms with Crippen molar-refractivity contribution in [2.24, 2.45) is 0 Å². The lowest BCUT2D eigenvalue weighted by Crippen LogP contribution is -2.25. The third kappa shape index (κ3) is 5.91. The summed E-state index contributed by atoms with van der Waals surface area (Å²) >= 11 is 3.21. The number of hydrogen-bond donors (Lipinski definition) is 2. The Morgan fingerprint density at radius 1 is 1.24 bits per heavy atom. The topological polar surface area (TPSA) is 49.3 Å². The van der Waals surface area contributed by atoms with E-state index in [4.69, 9.17) is 0 Å². The molecule has 1 atom stereocenters. The lowest BCUT2D eigenvalue weighted by atomic mass is 10.2. The first-order valence-corrected chi connectivity index (χ1v) is 8.78. The number of aliphatic hydroxyl groups is 1. The summed E-state index contributed by atoms with van der Waals surface area (Å²) in [6.07, 6.45) is 0.566. The molecule has 3 nitrogen and oxygen atoms in total. The monoisotopic (exact) mass is 321 g/mol. The molecule has 0 bridgehead atoms. The fraction of sp³-hybridized carbons (Fsp3) is 0.312. The van der Waals surface area contributed by atoms with Crippen LogP contribution in [0.25, 0.3) is 0 Å². The fourth-order valence-electron chi connectivity index (χ4n) is 1.84. The number of aliphatic hydroxyl groups excluding tert-OH is 1. The Hall–Kier alpha value is -1.30. The molecule has 5 heteroatoms. The van der Waals surface area contributed by atoms with Gasteiger partial charge < -0.3 is 10.4 Å². The standard InChI is InChI=1S/C16H19NO2S2/c18-14(15-7-4-11-21-15)8-10-17-16(19)9-12-20-13-5-2-1-3-6-13/h1-7,11,14,18H,8-10,12H2,(H,17,19)/t14-/m1/s1. The SMILES string of the molecule is O=C(CCSc1ccccc1)NCC[C@@H](O)c1cccs1. The second kappa shape index (κ2) is 8.87. The molecule has 0 saturated carbocycles. The third-order valence-electron chi connectivity index (χ3n) is 2.95. The molecule has 0 spiro atoms. The predicted molar refractivity (Wildman–Crippen MR) is 88.7 cm³/mol. The van der Waals surface area contributed by atoms with Crippen molar-refractivity contribution in [1.82, 2.24) is 5.32 Å². The smallest absolute Gasteiger partial charge is 0.220 e. The molecular weight excluding hydrogens is 302 g/mol. The van der Waals surface area contributed by atoms with Crippen LogP contribution in [0.4, 0.5) is 0 Å². The van der Waals surface area contributed by atoms with Gasteiger partial charge in [-0.1, -0.05) is 24.3 Å². The molecule has 2 rings (SSSR count). The second-order valence-electron chi connectivity index (χ2n) is 4.58. The first-order valence-electron chi connectivity index (χ1n) is 6.92. The van der Waals surface area contributed by atoms with E-state index < -0.39 is 6.10 Å². The molecule has 1 aromatic carbocycles. The van der Waals surface area contributed by atoms with Crippen molar-refractivity contribution in [3.8, 4) is 0 Å². The average Bonchev–Trinajstić information content (AvgIpc) is 3.02. The van der Waals surface area contributed by atoms with Crippen LogP contribution in [0.1, 0.15) is 23.8 Å². The van der Waals surface area contributed by atoms with Gasteiger partial charge in [0.15, 0.2) is 0 Å². The summed E-state index contributed by atoms with van der Waals surface area (Å²) in [6, 6.07) is 13.9. The number of rotatable bonds is 8. The lowest BCUT2D eigenvalue weighted by Gasteiger charge is -2.09. The molecule has 1 amide bonds. The number of hydrogen-bond acceptors (Lipinski definition) is 4. The summed E-state index contributed by atoms with van der Waals surface area (Å²) in [5, 5.41) is 14.7. The van der Waals surface area contributed by atoms with E-state index in [0.29, 0.717) is 19.4 Å². The Labute approximate surface area is 133 Å². The minimum Gasteiger partial charge on any atom is -0.388 e. The zero-order chi connectivity index (χ0) is 14.9. The number of carbonyl (C=O) groups is 1. The number of thiophene rings is 1. The number of nitrogens with one attached hydrogen (secondary N) is 1. The first kappa shape index (κ1) is 16.1. The molecule has 1 heterocycles. The Morgan fingerprint density at radius 3 is 2.76 bits per heavy atom. The van der Waals surface area contributed by atoms with Gasteiger partial charge in [0.25, 0.3) is 0 Å². The molecule has 1 aromatic heterocycles. The van der Waals surface area contributed by atoms with Crippen molar-refractivity contribution in [3.63, 3.8) is 0 Å². The third-order valence-corrected chi connectivity index (χ3v) is 4.94. The highest BCUT2D eigenvalue weighted by molar-refractivity contribution is 7.99. The van der Waals surface area contributed by atoms with Crippen LogP contribution in [0.2, 0.25) is 0 Å². The summed E-state index contributed by atoms with van der Waals surface area (Å²) in [6.45, 7) is 0.508. The van der Waals surface area contributed by atoms with Gasteiger partial charge in [0.2, 0.25) is 5.91 Å². The molecule has 21 heavy (non-hydrogen) atoms. The van der Waals surface area contributed by atoms with Crippen LogP contribution in [-0.2, 0) is 4.79 Å². The number of amides is 1. The average molecular weight is 321 g/mol. The highest BCUT2D eigenvalue weighted by Crippen LogP contribution is 2.21. The molecule has 0 fully saturated rings. The van der Waals surface area contributed by atoms with Gasteiger partial charge in [0, 0.05) is 28.5 Å². The molecule has 0 aliphatic carbocycles. The van der Waals surface area contributed by atoms with Crippen molar-refractivity contribution in [2.75, 3.05) is 12.3 Å².